The normalized spacial score (nSPS) is 15.7. The minimum Gasteiger partial charge on any atom is -0.465 e. The number of aromatic nitrogens is 3. The smallest absolute Gasteiger partial charge is 0.337 e. The number of hydrogen-bond donors (Lipinski definition) is 1. The van der Waals surface area contributed by atoms with Crippen molar-refractivity contribution in [2.45, 2.75) is 38.1 Å². The number of benzene rings is 2. The van der Waals surface area contributed by atoms with Gasteiger partial charge in [0.2, 0.25) is 11.8 Å². The second-order valence-electron chi connectivity index (χ2n) is 9.23. The van der Waals surface area contributed by atoms with Crippen molar-refractivity contribution in [3.63, 3.8) is 0 Å². The molecular weight excluding hydrogens is 518 g/mol. The van der Waals surface area contributed by atoms with E-state index in [1.165, 1.54) is 18.4 Å². The van der Waals surface area contributed by atoms with Gasteiger partial charge in [0.25, 0.3) is 0 Å². The van der Waals surface area contributed by atoms with Crippen molar-refractivity contribution >= 4 is 40.2 Å². The van der Waals surface area contributed by atoms with Gasteiger partial charge in [-0.3, -0.25) is 9.59 Å². The number of carbonyl (C=O) groups excluding carboxylic acids is 3. The van der Waals surface area contributed by atoms with E-state index in [0.29, 0.717) is 29.8 Å². The molecule has 1 aliphatic rings. The number of fused-ring (bicyclic) bond motifs is 1. The summed E-state index contributed by atoms with van der Waals surface area (Å²) in [5.74, 6) is -1.11. The SMILES string of the molecule is COC(=O)c1ccc([C@@H](C(=O)NC[C@@H]2CCCO2)N(Cc2cccs2)C(=O)Cn2nnc3ccccc32)cc1. The Morgan fingerprint density at radius 2 is 1.97 bits per heavy atom. The molecule has 5 rings (SSSR count). The maximum absolute atomic E-state index is 13.9. The Morgan fingerprint density at radius 1 is 1.15 bits per heavy atom. The van der Waals surface area contributed by atoms with Crippen LogP contribution in [0, 0.1) is 0 Å². The highest BCUT2D eigenvalue weighted by atomic mass is 32.1. The molecule has 11 heteroatoms. The quantitative estimate of drug-likeness (QED) is 0.303. The number of amides is 2. The van der Waals surface area contributed by atoms with Crippen LogP contribution >= 0.6 is 11.3 Å². The average Bonchev–Trinajstić information content (AvgIpc) is 3.75. The van der Waals surface area contributed by atoms with E-state index >= 15 is 0 Å². The van der Waals surface area contributed by atoms with Gasteiger partial charge in [-0.1, -0.05) is 35.5 Å². The predicted octanol–water partition coefficient (Wildman–Crippen LogP) is 3.34. The fourth-order valence-electron chi connectivity index (χ4n) is 4.66. The summed E-state index contributed by atoms with van der Waals surface area (Å²) in [5.41, 5.74) is 2.33. The largest absolute Gasteiger partial charge is 0.465 e. The third kappa shape index (κ3) is 6.15. The standard InChI is InChI=1S/C28H29N5O5S/c1-37-28(36)20-12-10-19(11-13-20)26(27(35)29-16-21-6-4-14-38-21)32(17-22-7-5-15-39-22)25(34)18-33-24-9-3-2-8-23(24)30-31-33/h2-3,5,7-13,15,21,26H,4,6,14,16-18H2,1H3,(H,29,35)/t21-,26-/m0/s1. The van der Waals surface area contributed by atoms with Crippen LogP contribution in [0.5, 0.6) is 0 Å². The minimum absolute atomic E-state index is 0.0562. The molecule has 202 valence electrons. The van der Waals surface area contributed by atoms with Crippen molar-refractivity contribution < 1.29 is 23.9 Å². The first-order valence-electron chi connectivity index (χ1n) is 12.7. The summed E-state index contributed by atoms with van der Waals surface area (Å²) in [7, 11) is 1.31. The number of hydrogen-bond acceptors (Lipinski definition) is 8. The van der Waals surface area contributed by atoms with Gasteiger partial charge >= 0.3 is 5.97 Å². The molecule has 1 saturated heterocycles. The molecule has 10 nitrogen and oxygen atoms in total. The summed E-state index contributed by atoms with van der Waals surface area (Å²) in [6, 6.07) is 16.8. The zero-order valence-electron chi connectivity index (χ0n) is 21.5. The van der Waals surface area contributed by atoms with E-state index in [0.717, 1.165) is 23.2 Å². The maximum atomic E-state index is 13.9. The number of thiophene rings is 1. The Labute approximate surface area is 229 Å². The molecule has 1 aliphatic heterocycles. The van der Waals surface area contributed by atoms with Crippen molar-refractivity contribution in [2.75, 3.05) is 20.3 Å². The van der Waals surface area contributed by atoms with E-state index in [9.17, 15) is 14.4 Å². The van der Waals surface area contributed by atoms with Gasteiger partial charge < -0.3 is 19.7 Å². The van der Waals surface area contributed by atoms with Crippen molar-refractivity contribution in [1.29, 1.82) is 0 Å². The fraction of sp³-hybridized carbons (Fsp3) is 0.321. The van der Waals surface area contributed by atoms with Gasteiger partial charge in [0, 0.05) is 18.0 Å². The molecule has 3 heterocycles. The number of rotatable bonds is 10. The molecule has 1 N–H and O–H groups in total. The lowest BCUT2D eigenvalue weighted by Gasteiger charge is -2.31. The molecule has 0 saturated carbocycles. The number of methoxy groups -OCH3 is 1. The summed E-state index contributed by atoms with van der Waals surface area (Å²) in [5, 5.41) is 13.3. The molecule has 0 spiro atoms. The lowest BCUT2D eigenvalue weighted by Crippen LogP contribution is -2.46. The molecular formula is C28H29N5O5S. The monoisotopic (exact) mass is 547 g/mol. The Balaban J connectivity index is 1.48. The van der Waals surface area contributed by atoms with Gasteiger partial charge in [-0.15, -0.1) is 16.4 Å². The van der Waals surface area contributed by atoms with Crippen molar-refractivity contribution in [3.05, 3.63) is 82.0 Å². The Kier molecular flexibility index (Phi) is 8.28. The first-order chi connectivity index (χ1) is 19.0. The Morgan fingerprint density at radius 3 is 2.69 bits per heavy atom. The van der Waals surface area contributed by atoms with Gasteiger partial charge in [-0.25, -0.2) is 9.48 Å². The topological polar surface area (TPSA) is 116 Å². The number of para-hydroxylation sites is 1. The minimum atomic E-state index is -0.956. The highest BCUT2D eigenvalue weighted by Gasteiger charge is 2.33. The molecule has 2 amide bonds. The summed E-state index contributed by atoms with van der Waals surface area (Å²) in [6.07, 6.45) is 1.77. The summed E-state index contributed by atoms with van der Waals surface area (Å²) >= 11 is 1.51. The third-order valence-electron chi connectivity index (χ3n) is 6.67. The van der Waals surface area contributed by atoms with E-state index in [-0.39, 0.29) is 31.0 Å². The Hall–Kier alpha value is -4.09. The predicted molar refractivity (Wildman–Crippen MR) is 145 cm³/mol. The first-order valence-corrected chi connectivity index (χ1v) is 13.6. The zero-order chi connectivity index (χ0) is 27.2. The second kappa shape index (κ2) is 12.2. The fourth-order valence-corrected chi connectivity index (χ4v) is 5.36. The van der Waals surface area contributed by atoms with Crippen LogP contribution in [-0.4, -0.2) is 64.0 Å². The number of nitrogens with zero attached hydrogens (tertiary/aromatic N) is 4. The van der Waals surface area contributed by atoms with Gasteiger partial charge in [0.05, 0.1) is 30.8 Å². The molecule has 4 aromatic rings. The lowest BCUT2D eigenvalue weighted by molar-refractivity contribution is -0.142. The molecule has 0 unspecified atom stereocenters. The highest BCUT2D eigenvalue weighted by molar-refractivity contribution is 7.09. The third-order valence-corrected chi connectivity index (χ3v) is 7.53. The molecule has 1 fully saturated rings. The van der Waals surface area contributed by atoms with Crippen molar-refractivity contribution in [1.82, 2.24) is 25.2 Å². The first kappa shape index (κ1) is 26.5. The second-order valence-corrected chi connectivity index (χ2v) is 10.3. The van der Waals surface area contributed by atoms with Crippen LogP contribution in [0.25, 0.3) is 11.0 Å². The maximum Gasteiger partial charge on any atom is 0.337 e. The van der Waals surface area contributed by atoms with Crippen LogP contribution in [0.3, 0.4) is 0 Å². The van der Waals surface area contributed by atoms with Crippen LogP contribution in [0.4, 0.5) is 0 Å². The molecule has 0 aliphatic carbocycles. The van der Waals surface area contributed by atoms with Gasteiger partial charge in [-0.05, 0) is 54.1 Å². The van der Waals surface area contributed by atoms with E-state index in [2.05, 4.69) is 15.6 Å². The van der Waals surface area contributed by atoms with Crippen LogP contribution in [-0.2, 0) is 32.2 Å². The molecule has 2 atom stereocenters. The van der Waals surface area contributed by atoms with E-state index in [1.54, 1.807) is 33.8 Å². The lowest BCUT2D eigenvalue weighted by atomic mass is 10.0. The van der Waals surface area contributed by atoms with E-state index in [1.807, 2.05) is 41.8 Å². The van der Waals surface area contributed by atoms with Crippen molar-refractivity contribution in [2.24, 2.45) is 0 Å². The number of nitrogens with one attached hydrogen (secondary N) is 1. The molecule has 0 bridgehead atoms. The molecule has 2 aromatic carbocycles. The van der Waals surface area contributed by atoms with Crippen LogP contribution in [0.1, 0.15) is 39.7 Å². The van der Waals surface area contributed by atoms with Crippen molar-refractivity contribution in [3.8, 4) is 0 Å². The zero-order valence-corrected chi connectivity index (χ0v) is 22.3. The molecule has 39 heavy (non-hydrogen) atoms. The number of carbonyl (C=O) groups is 3. The number of ether oxygens (including phenoxy) is 2. The summed E-state index contributed by atoms with van der Waals surface area (Å²) in [6.45, 7) is 1.15. The Bertz CT molecular complexity index is 1430. The molecule has 0 radical (unpaired) electrons. The van der Waals surface area contributed by atoms with Crippen LogP contribution in [0.2, 0.25) is 0 Å². The average molecular weight is 548 g/mol. The van der Waals surface area contributed by atoms with Gasteiger partial charge in [-0.2, -0.15) is 0 Å². The van der Waals surface area contributed by atoms with Crippen LogP contribution in [0.15, 0.2) is 66.0 Å². The summed E-state index contributed by atoms with van der Waals surface area (Å²) in [4.78, 5) is 42.2. The van der Waals surface area contributed by atoms with E-state index < -0.39 is 12.0 Å². The summed E-state index contributed by atoms with van der Waals surface area (Å²) < 4.78 is 12.0. The van der Waals surface area contributed by atoms with E-state index in [4.69, 9.17) is 9.47 Å². The van der Waals surface area contributed by atoms with Gasteiger partial charge in [0.1, 0.15) is 18.1 Å². The van der Waals surface area contributed by atoms with Crippen LogP contribution < -0.4 is 5.32 Å². The van der Waals surface area contributed by atoms with Gasteiger partial charge in [0.15, 0.2) is 0 Å². The molecule has 2 aromatic heterocycles. The number of esters is 1. The highest BCUT2D eigenvalue weighted by Crippen LogP contribution is 2.27.